The first-order chi connectivity index (χ1) is 8.65. The Labute approximate surface area is 107 Å². The molecule has 0 aromatic carbocycles. The normalized spacial score (nSPS) is 20.0. The SMILES string of the molecule is CCC1=C(O)C(=O)N(CCCn2ccnc2)C1C. The van der Waals surface area contributed by atoms with Gasteiger partial charge in [0.25, 0.3) is 5.91 Å². The number of carbonyl (C=O) groups is 1. The van der Waals surface area contributed by atoms with Gasteiger partial charge < -0.3 is 14.6 Å². The summed E-state index contributed by atoms with van der Waals surface area (Å²) in [7, 11) is 0. The van der Waals surface area contributed by atoms with Crippen LogP contribution in [0.2, 0.25) is 0 Å². The first kappa shape index (κ1) is 12.7. The Morgan fingerprint density at radius 1 is 1.44 bits per heavy atom. The molecule has 2 rings (SSSR count). The van der Waals surface area contributed by atoms with Gasteiger partial charge in [0, 0.05) is 25.5 Å². The van der Waals surface area contributed by atoms with Gasteiger partial charge in [-0.25, -0.2) is 4.98 Å². The Morgan fingerprint density at radius 2 is 2.22 bits per heavy atom. The predicted molar refractivity (Wildman–Crippen MR) is 68.0 cm³/mol. The molecule has 0 aliphatic carbocycles. The highest BCUT2D eigenvalue weighted by Gasteiger charge is 2.34. The topological polar surface area (TPSA) is 58.4 Å². The van der Waals surface area contributed by atoms with Crippen molar-refractivity contribution in [3.8, 4) is 0 Å². The summed E-state index contributed by atoms with van der Waals surface area (Å²) in [6.07, 6.45) is 6.99. The molecule has 5 nitrogen and oxygen atoms in total. The van der Waals surface area contributed by atoms with Crippen LogP contribution in [0.3, 0.4) is 0 Å². The number of aryl methyl sites for hydroxylation is 1. The minimum Gasteiger partial charge on any atom is -0.503 e. The van der Waals surface area contributed by atoms with Gasteiger partial charge in [-0.15, -0.1) is 0 Å². The van der Waals surface area contributed by atoms with Crippen molar-refractivity contribution in [1.29, 1.82) is 0 Å². The van der Waals surface area contributed by atoms with Crippen LogP contribution in [0.15, 0.2) is 30.1 Å². The summed E-state index contributed by atoms with van der Waals surface area (Å²) < 4.78 is 1.99. The van der Waals surface area contributed by atoms with Gasteiger partial charge in [-0.1, -0.05) is 6.92 Å². The van der Waals surface area contributed by atoms with Crippen molar-refractivity contribution in [3.05, 3.63) is 30.1 Å². The van der Waals surface area contributed by atoms with Crippen LogP contribution in [-0.2, 0) is 11.3 Å². The molecule has 0 fully saturated rings. The summed E-state index contributed by atoms with van der Waals surface area (Å²) in [6.45, 7) is 5.42. The van der Waals surface area contributed by atoms with E-state index in [1.807, 2.05) is 24.6 Å². The number of carbonyl (C=O) groups excluding carboxylic acids is 1. The van der Waals surface area contributed by atoms with Crippen molar-refractivity contribution in [1.82, 2.24) is 14.5 Å². The van der Waals surface area contributed by atoms with E-state index >= 15 is 0 Å². The molecule has 0 bridgehead atoms. The largest absolute Gasteiger partial charge is 0.503 e. The van der Waals surface area contributed by atoms with E-state index in [9.17, 15) is 9.90 Å². The Kier molecular flexibility index (Phi) is 3.69. The third-order valence-corrected chi connectivity index (χ3v) is 3.49. The fourth-order valence-electron chi connectivity index (χ4n) is 2.44. The molecule has 1 N–H and O–H groups in total. The number of rotatable bonds is 5. The van der Waals surface area contributed by atoms with Crippen LogP contribution < -0.4 is 0 Å². The van der Waals surface area contributed by atoms with Crippen molar-refractivity contribution in [2.75, 3.05) is 6.54 Å². The lowest BCUT2D eigenvalue weighted by Gasteiger charge is -2.23. The molecule has 1 aliphatic rings. The molecule has 0 spiro atoms. The molecule has 1 aliphatic heterocycles. The third kappa shape index (κ3) is 2.25. The number of hydrogen-bond acceptors (Lipinski definition) is 3. The Morgan fingerprint density at radius 3 is 2.78 bits per heavy atom. The first-order valence-electron chi connectivity index (χ1n) is 6.33. The summed E-state index contributed by atoms with van der Waals surface area (Å²) in [6, 6.07) is 0.0188. The summed E-state index contributed by atoms with van der Waals surface area (Å²) >= 11 is 0. The van der Waals surface area contributed by atoms with Gasteiger partial charge in [0.2, 0.25) is 0 Å². The maximum absolute atomic E-state index is 11.9. The van der Waals surface area contributed by atoms with Crippen LogP contribution in [0, 0.1) is 0 Å². The number of aliphatic hydroxyl groups is 1. The standard InChI is InChI=1S/C13H19N3O2/c1-3-11-10(2)16(13(18)12(11)17)7-4-6-15-8-5-14-9-15/h5,8-10,17H,3-4,6-7H2,1-2H3. The second-order valence-corrected chi connectivity index (χ2v) is 4.56. The van der Waals surface area contributed by atoms with Gasteiger partial charge in [0.1, 0.15) is 0 Å². The van der Waals surface area contributed by atoms with Crippen LogP contribution in [0.1, 0.15) is 26.7 Å². The monoisotopic (exact) mass is 249 g/mol. The summed E-state index contributed by atoms with van der Waals surface area (Å²) in [5, 5.41) is 9.75. The highest BCUT2D eigenvalue weighted by Crippen LogP contribution is 2.26. The van der Waals surface area contributed by atoms with E-state index in [1.54, 1.807) is 17.4 Å². The number of nitrogens with zero attached hydrogens (tertiary/aromatic N) is 3. The molecule has 0 saturated carbocycles. The molecule has 0 saturated heterocycles. The lowest BCUT2D eigenvalue weighted by atomic mass is 10.1. The van der Waals surface area contributed by atoms with Crippen LogP contribution >= 0.6 is 0 Å². The van der Waals surface area contributed by atoms with Crippen LogP contribution in [0.5, 0.6) is 0 Å². The van der Waals surface area contributed by atoms with Crippen molar-refractivity contribution < 1.29 is 9.90 Å². The van der Waals surface area contributed by atoms with Crippen molar-refractivity contribution in [3.63, 3.8) is 0 Å². The van der Waals surface area contributed by atoms with Gasteiger partial charge in [0.15, 0.2) is 5.76 Å². The van der Waals surface area contributed by atoms with E-state index in [2.05, 4.69) is 4.98 Å². The first-order valence-corrected chi connectivity index (χ1v) is 6.33. The van der Waals surface area contributed by atoms with Gasteiger partial charge in [-0.05, 0) is 25.3 Å². The molecular weight excluding hydrogens is 230 g/mol. The smallest absolute Gasteiger partial charge is 0.289 e. The second kappa shape index (κ2) is 5.25. The van der Waals surface area contributed by atoms with Crippen LogP contribution in [-0.4, -0.2) is 38.1 Å². The number of amides is 1. The number of hydrogen-bond donors (Lipinski definition) is 1. The van der Waals surface area contributed by atoms with Gasteiger partial charge in [0.05, 0.1) is 12.4 Å². The molecule has 18 heavy (non-hydrogen) atoms. The highest BCUT2D eigenvalue weighted by molar-refractivity contribution is 5.95. The quantitative estimate of drug-likeness (QED) is 0.864. The van der Waals surface area contributed by atoms with E-state index in [1.165, 1.54) is 0 Å². The third-order valence-electron chi connectivity index (χ3n) is 3.49. The zero-order chi connectivity index (χ0) is 13.1. The molecule has 5 heteroatoms. The summed E-state index contributed by atoms with van der Waals surface area (Å²) in [4.78, 5) is 17.6. The fraction of sp³-hybridized carbons (Fsp3) is 0.538. The maximum Gasteiger partial charge on any atom is 0.289 e. The minimum atomic E-state index is -0.231. The molecular formula is C13H19N3O2. The number of aliphatic hydroxyl groups excluding tert-OH is 1. The fourth-order valence-corrected chi connectivity index (χ4v) is 2.44. The summed E-state index contributed by atoms with van der Waals surface area (Å²) in [5.74, 6) is -0.280. The molecule has 1 unspecified atom stereocenters. The highest BCUT2D eigenvalue weighted by atomic mass is 16.3. The van der Waals surface area contributed by atoms with Gasteiger partial charge >= 0.3 is 0 Å². The lowest BCUT2D eigenvalue weighted by Crippen LogP contribution is -2.35. The van der Waals surface area contributed by atoms with E-state index in [0.717, 1.165) is 25.0 Å². The summed E-state index contributed by atoms with van der Waals surface area (Å²) in [5.41, 5.74) is 0.850. The molecule has 1 atom stereocenters. The predicted octanol–water partition coefficient (Wildman–Crippen LogP) is 1.73. The molecule has 1 amide bonds. The zero-order valence-electron chi connectivity index (χ0n) is 10.8. The number of aromatic nitrogens is 2. The molecule has 1 aromatic rings. The van der Waals surface area contributed by atoms with Crippen molar-refractivity contribution in [2.45, 2.75) is 39.3 Å². The van der Waals surface area contributed by atoms with Gasteiger partial charge in [-0.3, -0.25) is 4.79 Å². The van der Waals surface area contributed by atoms with E-state index < -0.39 is 0 Å². The average Bonchev–Trinajstić information content (AvgIpc) is 2.93. The van der Waals surface area contributed by atoms with Gasteiger partial charge in [-0.2, -0.15) is 0 Å². The Balaban J connectivity index is 1.90. The molecule has 0 radical (unpaired) electrons. The molecule has 1 aromatic heterocycles. The van der Waals surface area contributed by atoms with Crippen LogP contribution in [0.4, 0.5) is 0 Å². The average molecular weight is 249 g/mol. The van der Waals surface area contributed by atoms with Crippen LogP contribution in [0.25, 0.3) is 0 Å². The van der Waals surface area contributed by atoms with Crippen molar-refractivity contribution >= 4 is 5.91 Å². The van der Waals surface area contributed by atoms with E-state index in [0.29, 0.717) is 6.54 Å². The maximum atomic E-state index is 11.9. The second-order valence-electron chi connectivity index (χ2n) is 4.56. The zero-order valence-corrected chi connectivity index (χ0v) is 10.8. The number of imidazole rings is 1. The molecule has 98 valence electrons. The van der Waals surface area contributed by atoms with E-state index in [4.69, 9.17) is 0 Å². The van der Waals surface area contributed by atoms with E-state index in [-0.39, 0.29) is 17.7 Å². The lowest BCUT2D eigenvalue weighted by molar-refractivity contribution is -0.129. The Bertz CT molecular complexity index is 451. The van der Waals surface area contributed by atoms with Crippen molar-refractivity contribution in [2.24, 2.45) is 0 Å². The minimum absolute atomic E-state index is 0.0188. The Hall–Kier alpha value is -1.78. The molecule has 2 heterocycles.